The number of nitrogens with one attached hydrogen (secondary N) is 1. The van der Waals surface area contributed by atoms with Crippen LogP contribution in [-0.4, -0.2) is 51.5 Å². The van der Waals surface area contributed by atoms with Crippen LogP contribution in [0.15, 0.2) is 29.2 Å². The molecule has 116 valence electrons. The molecule has 1 fully saturated rings. The van der Waals surface area contributed by atoms with Crippen LogP contribution in [0.5, 0.6) is 0 Å². The molecule has 1 heterocycles. The molecule has 1 saturated heterocycles. The van der Waals surface area contributed by atoms with Crippen LogP contribution < -0.4 is 5.32 Å². The third kappa shape index (κ3) is 3.25. The summed E-state index contributed by atoms with van der Waals surface area (Å²) in [6.07, 6.45) is 0.760. The lowest BCUT2D eigenvalue weighted by molar-refractivity contribution is 0.0600. The second-order valence-electron chi connectivity index (χ2n) is 4.94. The molecule has 1 aromatic carbocycles. The molecule has 0 aliphatic carbocycles. The lowest BCUT2D eigenvalue weighted by Crippen LogP contribution is -2.58. The van der Waals surface area contributed by atoms with E-state index in [1.165, 1.54) is 35.7 Å². The van der Waals surface area contributed by atoms with E-state index in [0.29, 0.717) is 25.2 Å². The Morgan fingerprint density at radius 3 is 2.38 bits per heavy atom. The van der Waals surface area contributed by atoms with Crippen molar-refractivity contribution in [1.82, 2.24) is 9.62 Å². The number of hydrogen-bond donors (Lipinski definition) is 1. The number of hydrogen-bond acceptors (Lipinski definition) is 5. The van der Waals surface area contributed by atoms with Gasteiger partial charge in [-0.3, -0.25) is 0 Å². The zero-order valence-corrected chi connectivity index (χ0v) is 13.0. The van der Waals surface area contributed by atoms with Crippen molar-refractivity contribution in [3.8, 4) is 0 Å². The van der Waals surface area contributed by atoms with Gasteiger partial charge in [0.2, 0.25) is 10.0 Å². The topological polar surface area (TPSA) is 75.7 Å². The first kappa shape index (κ1) is 15.9. The number of ether oxygens (including phenoxy) is 1. The van der Waals surface area contributed by atoms with Crippen molar-refractivity contribution in [2.75, 3.05) is 26.7 Å². The van der Waals surface area contributed by atoms with Crippen molar-refractivity contribution in [3.63, 3.8) is 0 Å². The molecule has 21 heavy (non-hydrogen) atoms. The maximum Gasteiger partial charge on any atom is 0.337 e. The summed E-state index contributed by atoms with van der Waals surface area (Å²) in [7, 11) is -2.24. The number of carbonyl (C=O) groups is 1. The van der Waals surface area contributed by atoms with Gasteiger partial charge in [0.15, 0.2) is 0 Å². The van der Waals surface area contributed by atoms with E-state index in [1.807, 2.05) is 6.92 Å². The first-order valence-electron chi connectivity index (χ1n) is 6.91. The predicted molar refractivity (Wildman–Crippen MR) is 78.6 cm³/mol. The van der Waals surface area contributed by atoms with Gasteiger partial charge in [-0.1, -0.05) is 6.92 Å². The van der Waals surface area contributed by atoms with Crippen LogP contribution in [0, 0.1) is 0 Å². The maximum atomic E-state index is 12.7. The zero-order valence-electron chi connectivity index (χ0n) is 12.2. The van der Waals surface area contributed by atoms with Crippen molar-refractivity contribution in [2.24, 2.45) is 0 Å². The monoisotopic (exact) mass is 312 g/mol. The standard InChI is InChI=1S/C14H20N2O4S/c1-3-8-16(12-9-15-10-12)21(18,19)13-6-4-11(5-7-13)14(17)20-2/h4-7,12,15H,3,8-10H2,1-2H3. The highest BCUT2D eigenvalue weighted by molar-refractivity contribution is 7.89. The molecule has 0 spiro atoms. The van der Waals surface area contributed by atoms with Crippen LogP contribution in [0.3, 0.4) is 0 Å². The Hall–Kier alpha value is -1.44. The van der Waals surface area contributed by atoms with Crippen molar-refractivity contribution in [3.05, 3.63) is 29.8 Å². The van der Waals surface area contributed by atoms with Crippen LogP contribution in [0.2, 0.25) is 0 Å². The largest absolute Gasteiger partial charge is 0.465 e. The average molecular weight is 312 g/mol. The fraction of sp³-hybridized carbons (Fsp3) is 0.500. The van der Waals surface area contributed by atoms with Gasteiger partial charge >= 0.3 is 5.97 Å². The molecule has 1 N–H and O–H groups in total. The van der Waals surface area contributed by atoms with Gasteiger partial charge in [0.05, 0.1) is 23.6 Å². The van der Waals surface area contributed by atoms with E-state index < -0.39 is 16.0 Å². The molecule has 0 unspecified atom stereocenters. The first-order chi connectivity index (χ1) is 10.0. The van der Waals surface area contributed by atoms with E-state index in [-0.39, 0.29) is 10.9 Å². The summed E-state index contributed by atoms with van der Waals surface area (Å²) in [5.41, 5.74) is 0.337. The minimum Gasteiger partial charge on any atom is -0.465 e. The molecule has 1 aromatic rings. The summed E-state index contributed by atoms with van der Waals surface area (Å²) >= 11 is 0. The number of sulfonamides is 1. The number of esters is 1. The van der Waals surface area contributed by atoms with E-state index in [0.717, 1.165) is 6.42 Å². The summed E-state index contributed by atoms with van der Waals surface area (Å²) in [6.45, 7) is 3.81. The van der Waals surface area contributed by atoms with Crippen LogP contribution in [0.25, 0.3) is 0 Å². The fourth-order valence-electron chi connectivity index (χ4n) is 2.21. The molecule has 0 saturated carbocycles. The van der Waals surface area contributed by atoms with Crippen molar-refractivity contribution < 1.29 is 17.9 Å². The predicted octanol–water partition coefficient (Wildman–Crippen LogP) is 0.846. The van der Waals surface area contributed by atoms with E-state index in [1.54, 1.807) is 0 Å². The van der Waals surface area contributed by atoms with E-state index in [4.69, 9.17) is 0 Å². The van der Waals surface area contributed by atoms with Gasteiger partial charge in [0, 0.05) is 19.6 Å². The highest BCUT2D eigenvalue weighted by Gasteiger charge is 2.34. The summed E-state index contributed by atoms with van der Waals surface area (Å²) in [6, 6.07) is 5.87. The molecule has 7 heteroatoms. The number of rotatable bonds is 6. The van der Waals surface area contributed by atoms with Gasteiger partial charge in [-0.2, -0.15) is 4.31 Å². The third-order valence-electron chi connectivity index (χ3n) is 3.49. The second-order valence-corrected chi connectivity index (χ2v) is 6.83. The van der Waals surface area contributed by atoms with Crippen molar-refractivity contribution in [2.45, 2.75) is 24.3 Å². The summed E-state index contributed by atoms with van der Waals surface area (Å²) < 4.78 is 31.5. The van der Waals surface area contributed by atoms with Crippen LogP contribution in [0.1, 0.15) is 23.7 Å². The minimum atomic E-state index is -3.53. The molecular weight excluding hydrogens is 292 g/mol. The van der Waals surface area contributed by atoms with Gasteiger partial charge in [0.25, 0.3) is 0 Å². The van der Waals surface area contributed by atoms with Crippen LogP contribution in [-0.2, 0) is 14.8 Å². The molecule has 6 nitrogen and oxygen atoms in total. The minimum absolute atomic E-state index is 0.00948. The molecule has 1 aliphatic rings. The van der Waals surface area contributed by atoms with E-state index in [9.17, 15) is 13.2 Å². The summed E-state index contributed by atoms with van der Waals surface area (Å²) in [5.74, 6) is -0.479. The number of methoxy groups -OCH3 is 1. The Morgan fingerprint density at radius 2 is 1.95 bits per heavy atom. The fourth-order valence-corrected chi connectivity index (χ4v) is 3.93. The summed E-state index contributed by atoms with van der Waals surface area (Å²) in [5, 5.41) is 3.09. The number of nitrogens with zero attached hydrogens (tertiary/aromatic N) is 1. The molecule has 0 radical (unpaired) electrons. The quantitative estimate of drug-likeness (QED) is 0.788. The highest BCUT2D eigenvalue weighted by Crippen LogP contribution is 2.21. The van der Waals surface area contributed by atoms with Crippen LogP contribution in [0.4, 0.5) is 0 Å². The SMILES string of the molecule is CCCN(C1CNC1)S(=O)(=O)c1ccc(C(=O)OC)cc1. The Kier molecular flexibility index (Phi) is 4.97. The molecular formula is C14H20N2O4S. The Bertz CT molecular complexity index is 594. The molecule has 0 amide bonds. The maximum absolute atomic E-state index is 12.7. The normalized spacial score (nSPS) is 15.8. The van der Waals surface area contributed by atoms with Crippen LogP contribution >= 0.6 is 0 Å². The molecule has 1 aliphatic heterocycles. The van der Waals surface area contributed by atoms with Gasteiger partial charge in [-0.25, -0.2) is 13.2 Å². The van der Waals surface area contributed by atoms with E-state index in [2.05, 4.69) is 10.1 Å². The first-order valence-corrected chi connectivity index (χ1v) is 8.35. The summed E-state index contributed by atoms with van der Waals surface area (Å²) in [4.78, 5) is 11.6. The Morgan fingerprint density at radius 1 is 1.33 bits per heavy atom. The number of benzene rings is 1. The van der Waals surface area contributed by atoms with Gasteiger partial charge in [-0.05, 0) is 30.7 Å². The van der Waals surface area contributed by atoms with Gasteiger partial charge in [-0.15, -0.1) is 0 Å². The average Bonchev–Trinajstić information content (AvgIpc) is 2.44. The molecule has 2 rings (SSSR count). The number of carbonyl (C=O) groups excluding carboxylic acids is 1. The van der Waals surface area contributed by atoms with E-state index >= 15 is 0 Å². The second kappa shape index (κ2) is 6.55. The molecule has 0 atom stereocenters. The molecule has 0 aromatic heterocycles. The van der Waals surface area contributed by atoms with Crippen molar-refractivity contribution >= 4 is 16.0 Å². The molecule has 0 bridgehead atoms. The zero-order chi connectivity index (χ0) is 15.5. The Labute approximate surface area is 125 Å². The van der Waals surface area contributed by atoms with Gasteiger partial charge < -0.3 is 10.1 Å². The Balaban J connectivity index is 2.26. The highest BCUT2D eigenvalue weighted by atomic mass is 32.2. The third-order valence-corrected chi connectivity index (χ3v) is 5.46. The smallest absolute Gasteiger partial charge is 0.337 e. The lowest BCUT2D eigenvalue weighted by Gasteiger charge is -2.37. The van der Waals surface area contributed by atoms with Gasteiger partial charge in [0.1, 0.15) is 0 Å². The lowest BCUT2D eigenvalue weighted by atomic mass is 10.2. The van der Waals surface area contributed by atoms with Crippen molar-refractivity contribution in [1.29, 1.82) is 0 Å².